The molecule has 7 nitrogen and oxygen atoms in total. The molecule has 0 saturated carbocycles. The second-order valence-electron chi connectivity index (χ2n) is 8.27. The maximum atomic E-state index is 12.5. The summed E-state index contributed by atoms with van der Waals surface area (Å²) in [4.78, 5) is 27.3. The first-order valence-electron chi connectivity index (χ1n) is 10.9. The Morgan fingerprint density at radius 3 is 2.13 bits per heavy atom. The fraction of sp³-hybridized carbons (Fsp3) is 0.417. The van der Waals surface area contributed by atoms with Crippen molar-refractivity contribution >= 4 is 17.5 Å². The summed E-state index contributed by atoms with van der Waals surface area (Å²) in [5, 5.41) is 6.04. The molecule has 0 radical (unpaired) electrons. The Labute approximate surface area is 184 Å². The van der Waals surface area contributed by atoms with Crippen LogP contribution in [0.4, 0.5) is 5.69 Å². The van der Waals surface area contributed by atoms with Gasteiger partial charge in [0.25, 0.3) is 11.8 Å². The molecule has 7 heteroatoms. The zero-order valence-electron chi connectivity index (χ0n) is 18.7. The van der Waals surface area contributed by atoms with E-state index in [1.54, 1.807) is 7.11 Å². The quantitative estimate of drug-likeness (QED) is 0.453. The highest BCUT2D eigenvalue weighted by molar-refractivity contribution is 5.92. The van der Waals surface area contributed by atoms with Gasteiger partial charge in [0.1, 0.15) is 31.9 Å². The maximum Gasteiger partial charge on any atom is 0.279 e. The number of ether oxygens (including phenoxy) is 1. The van der Waals surface area contributed by atoms with Gasteiger partial charge < -0.3 is 25.2 Å². The molecule has 2 aromatic carbocycles. The molecule has 1 saturated heterocycles. The number of benzene rings is 2. The average Bonchev–Trinajstić information content (AvgIpc) is 2.77. The first-order valence-corrected chi connectivity index (χ1v) is 10.9. The number of carbonyl (C=O) groups excluding carboxylic acids is 2. The van der Waals surface area contributed by atoms with Crippen molar-refractivity contribution in [2.45, 2.75) is 20.4 Å². The minimum Gasteiger partial charge on any atom is -0.497 e. The van der Waals surface area contributed by atoms with E-state index in [0.717, 1.165) is 48.7 Å². The molecule has 1 fully saturated rings. The van der Waals surface area contributed by atoms with Gasteiger partial charge in [-0.15, -0.1) is 0 Å². The highest BCUT2D eigenvalue weighted by Crippen LogP contribution is 2.17. The van der Waals surface area contributed by atoms with Crippen molar-refractivity contribution in [3.63, 3.8) is 0 Å². The van der Waals surface area contributed by atoms with E-state index in [-0.39, 0.29) is 11.8 Å². The average molecular weight is 427 g/mol. The van der Waals surface area contributed by atoms with Gasteiger partial charge in [-0.3, -0.25) is 9.59 Å². The van der Waals surface area contributed by atoms with Crippen LogP contribution in [0.3, 0.4) is 0 Å². The Bertz CT molecular complexity index is 890. The van der Waals surface area contributed by atoms with Crippen molar-refractivity contribution in [1.29, 1.82) is 0 Å². The Morgan fingerprint density at radius 1 is 0.903 bits per heavy atom. The third-order valence-electron chi connectivity index (χ3n) is 6.01. The van der Waals surface area contributed by atoms with Crippen LogP contribution in [0.2, 0.25) is 0 Å². The summed E-state index contributed by atoms with van der Waals surface area (Å²) in [6.45, 7) is 9.09. The number of nitrogens with one attached hydrogen (secondary N) is 4. The van der Waals surface area contributed by atoms with Crippen molar-refractivity contribution in [2.75, 3.05) is 51.7 Å². The number of methoxy groups -OCH3 is 1. The van der Waals surface area contributed by atoms with Gasteiger partial charge in [0.05, 0.1) is 7.11 Å². The molecule has 0 aromatic heterocycles. The topological polar surface area (TPSA) is 76.3 Å². The summed E-state index contributed by atoms with van der Waals surface area (Å²) in [5.41, 5.74) is 4.23. The number of aryl methyl sites for hydroxylation is 1. The summed E-state index contributed by atoms with van der Waals surface area (Å²) in [6.07, 6.45) is 0. The molecule has 1 heterocycles. The Morgan fingerprint density at radius 2 is 1.52 bits per heavy atom. The normalized spacial score (nSPS) is 18.3. The van der Waals surface area contributed by atoms with Crippen LogP contribution in [0, 0.1) is 13.8 Å². The van der Waals surface area contributed by atoms with Crippen LogP contribution < -0.4 is 25.2 Å². The summed E-state index contributed by atoms with van der Waals surface area (Å²) in [6, 6.07) is 13.7. The summed E-state index contributed by atoms with van der Waals surface area (Å²) in [7, 11) is 1.64. The molecule has 0 spiro atoms. The molecule has 2 amide bonds. The number of piperazine rings is 1. The monoisotopic (exact) mass is 426 g/mol. The first-order chi connectivity index (χ1) is 14.9. The standard InChI is InChI=1S/C24H32N4O3/c1-18-5-4-6-22(19(18)2)26-24(30)17-28-13-11-27(12-14-28)16-23(29)25-15-20-7-9-21(31-3)10-8-20/h4-10H,11-17H2,1-3H3,(H,25,29)(H,26,30)/p+2. The van der Waals surface area contributed by atoms with E-state index in [1.807, 2.05) is 56.3 Å². The van der Waals surface area contributed by atoms with Crippen LogP contribution in [0.5, 0.6) is 5.75 Å². The van der Waals surface area contributed by atoms with Crippen molar-refractivity contribution in [1.82, 2.24) is 5.32 Å². The molecule has 166 valence electrons. The fourth-order valence-corrected chi connectivity index (χ4v) is 3.85. The molecule has 2 aromatic rings. The third-order valence-corrected chi connectivity index (χ3v) is 6.01. The van der Waals surface area contributed by atoms with Crippen LogP contribution in [0.25, 0.3) is 0 Å². The van der Waals surface area contributed by atoms with E-state index >= 15 is 0 Å². The molecule has 3 rings (SSSR count). The zero-order chi connectivity index (χ0) is 22.2. The molecule has 4 N–H and O–H groups in total. The summed E-state index contributed by atoms with van der Waals surface area (Å²) < 4.78 is 5.15. The number of anilines is 1. The van der Waals surface area contributed by atoms with Gasteiger partial charge >= 0.3 is 0 Å². The molecule has 0 atom stereocenters. The molecule has 0 bridgehead atoms. The minimum absolute atomic E-state index is 0.0457. The van der Waals surface area contributed by atoms with Gasteiger partial charge in [-0.25, -0.2) is 0 Å². The largest absolute Gasteiger partial charge is 0.497 e. The lowest BCUT2D eigenvalue weighted by atomic mass is 10.1. The number of amides is 2. The van der Waals surface area contributed by atoms with Crippen LogP contribution in [0.1, 0.15) is 16.7 Å². The molecule has 31 heavy (non-hydrogen) atoms. The smallest absolute Gasteiger partial charge is 0.279 e. The molecular formula is C24H34N4O3+2. The van der Waals surface area contributed by atoms with E-state index in [2.05, 4.69) is 10.6 Å². The van der Waals surface area contributed by atoms with Crippen LogP contribution in [0.15, 0.2) is 42.5 Å². The van der Waals surface area contributed by atoms with Gasteiger partial charge in [0.2, 0.25) is 0 Å². The van der Waals surface area contributed by atoms with Crippen LogP contribution in [-0.4, -0.2) is 58.2 Å². The van der Waals surface area contributed by atoms with Gasteiger partial charge in [0, 0.05) is 12.2 Å². The SMILES string of the molecule is COc1ccc(CNC(=O)C[NH+]2CC[NH+](CC(=O)Nc3cccc(C)c3C)CC2)cc1. The Kier molecular flexibility index (Phi) is 8.03. The molecular weight excluding hydrogens is 392 g/mol. The number of carbonyl (C=O) groups is 2. The van der Waals surface area contributed by atoms with Gasteiger partial charge in [-0.1, -0.05) is 24.3 Å². The van der Waals surface area contributed by atoms with Crippen LogP contribution in [-0.2, 0) is 16.1 Å². The Balaban J connectivity index is 1.36. The predicted octanol–water partition coefficient (Wildman–Crippen LogP) is -0.650. The van der Waals surface area contributed by atoms with E-state index < -0.39 is 0 Å². The molecule has 1 aliphatic heterocycles. The third kappa shape index (κ3) is 6.80. The van der Waals surface area contributed by atoms with Gasteiger partial charge in [-0.2, -0.15) is 0 Å². The number of hydrogen-bond donors (Lipinski definition) is 4. The van der Waals surface area contributed by atoms with E-state index in [9.17, 15) is 9.59 Å². The van der Waals surface area contributed by atoms with Crippen molar-refractivity contribution in [3.8, 4) is 5.75 Å². The minimum atomic E-state index is 0.0457. The molecule has 1 aliphatic rings. The fourth-order valence-electron chi connectivity index (χ4n) is 3.85. The first kappa shape index (κ1) is 22.8. The number of rotatable bonds is 8. The van der Waals surface area contributed by atoms with E-state index in [1.165, 1.54) is 15.4 Å². The van der Waals surface area contributed by atoms with Crippen molar-refractivity contribution < 1.29 is 24.1 Å². The molecule has 0 aliphatic carbocycles. The Hall–Kier alpha value is -2.90. The lowest BCUT2D eigenvalue weighted by Gasteiger charge is -2.29. The lowest BCUT2D eigenvalue weighted by Crippen LogP contribution is -3.28. The highest BCUT2D eigenvalue weighted by atomic mass is 16.5. The van der Waals surface area contributed by atoms with E-state index in [0.29, 0.717) is 19.6 Å². The van der Waals surface area contributed by atoms with Gasteiger partial charge in [0.15, 0.2) is 13.1 Å². The highest BCUT2D eigenvalue weighted by Gasteiger charge is 2.26. The predicted molar refractivity (Wildman–Crippen MR) is 121 cm³/mol. The summed E-state index contributed by atoms with van der Waals surface area (Å²) in [5.74, 6) is 0.911. The number of hydrogen-bond acceptors (Lipinski definition) is 3. The van der Waals surface area contributed by atoms with Crippen molar-refractivity contribution in [2.24, 2.45) is 0 Å². The lowest BCUT2D eigenvalue weighted by molar-refractivity contribution is -1.00. The second kappa shape index (κ2) is 10.9. The zero-order valence-corrected chi connectivity index (χ0v) is 18.7. The molecule has 0 unspecified atom stereocenters. The van der Waals surface area contributed by atoms with Crippen molar-refractivity contribution in [3.05, 3.63) is 59.2 Å². The van der Waals surface area contributed by atoms with E-state index in [4.69, 9.17) is 4.74 Å². The second-order valence-corrected chi connectivity index (χ2v) is 8.27. The number of quaternary nitrogens is 2. The van der Waals surface area contributed by atoms with Crippen LogP contribution >= 0.6 is 0 Å². The van der Waals surface area contributed by atoms with Gasteiger partial charge in [-0.05, 0) is 48.7 Å². The summed E-state index contributed by atoms with van der Waals surface area (Å²) >= 11 is 0. The maximum absolute atomic E-state index is 12.5.